The maximum atomic E-state index is 3.55. The summed E-state index contributed by atoms with van der Waals surface area (Å²) in [5.41, 5.74) is 3.09. The second-order valence-corrected chi connectivity index (χ2v) is 5.88. The van der Waals surface area contributed by atoms with Crippen LogP contribution >= 0.6 is 11.8 Å². The number of thioether (sulfide) groups is 1. The molecule has 94 valence electrons. The fourth-order valence-electron chi connectivity index (χ4n) is 3.01. The van der Waals surface area contributed by atoms with Crippen LogP contribution in [0.15, 0.2) is 24.3 Å². The number of hydrogen-bond donors (Lipinski definition) is 1. The topological polar surface area (TPSA) is 12.0 Å². The van der Waals surface area contributed by atoms with Crippen molar-refractivity contribution in [3.05, 3.63) is 35.4 Å². The van der Waals surface area contributed by atoms with Gasteiger partial charge in [0.15, 0.2) is 0 Å². The third-order valence-electron chi connectivity index (χ3n) is 3.89. The highest BCUT2D eigenvalue weighted by molar-refractivity contribution is 7.98. The molecule has 0 amide bonds. The molecule has 1 aromatic rings. The first-order valence-corrected chi connectivity index (χ1v) is 8.00. The standard InChI is InChI=1S/C15H23NS/c1-16-15-13(10-11-17-2)8-5-7-12-6-3-4-9-14(12)15/h3-4,6,9,13,15-16H,5,7-8,10-11H2,1-2H3. The van der Waals surface area contributed by atoms with Gasteiger partial charge in [-0.15, -0.1) is 0 Å². The van der Waals surface area contributed by atoms with Crippen molar-refractivity contribution in [2.24, 2.45) is 5.92 Å². The molecule has 1 nitrogen and oxygen atoms in total. The monoisotopic (exact) mass is 249 g/mol. The van der Waals surface area contributed by atoms with E-state index in [1.807, 2.05) is 11.8 Å². The number of rotatable bonds is 4. The summed E-state index contributed by atoms with van der Waals surface area (Å²) >= 11 is 1.97. The van der Waals surface area contributed by atoms with Crippen LogP contribution in [0.3, 0.4) is 0 Å². The molecule has 1 N–H and O–H groups in total. The lowest BCUT2D eigenvalue weighted by molar-refractivity contribution is 0.353. The van der Waals surface area contributed by atoms with Crippen LogP contribution in [0.2, 0.25) is 0 Å². The second-order valence-electron chi connectivity index (χ2n) is 4.90. The molecule has 2 heteroatoms. The van der Waals surface area contributed by atoms with Crippen LogP contribution in [0, 0.1) is 5.92 Å². The second kappa shape index (κ2) is 6.46. The lowest BCUT2D eigenvalue weighted by Crippen LogP contribution is -2.25. The molecule has 0 saturated carbocycles. The molecule has 2 atom stereocenters. The van der Waals surface area contributed by atoms with Gasteiger partial charge in [-0.25, -0.2) is 0 Å². The maximum Gasteiger partial charge on any atom is 0.0349 e. The quantitative estimate of drug-likeness (QED) is 0.817. The molecule has 0 aliphatic heterocycles. The van der Waals surface area contributed by atoms with Crippen LogP contribution in [0.1, 0.15) is 36.4 Å². The number of benzene rings is 1. The first-order valence-electron chi connectivity index (χ1n) is 6.61. The van der Waals surface area contributed by atoms with E-state index in [0.717, 1.165) is 5.92 Å². The normalized spacial score (nSPS) is 24.1. The zero-order valence-corrected chi connectivity index (χ0v) is 11.7. The molecule has 2 unspecified atom stereocenters. The van der Waals surface area contributed by atoms with Gasteiger partial charge in [-0.2, -0.15) is 11.8 Å². The Morgan fingerprint density at radius 2 is 2.18 bits per heavy atom. The van der Waals surface area contributed by atoms with E-state index >= 15 is 0 Å². The summed E-state index contributed by atoms with van der Waals surface area (Å²) in [6.07, 6.45) is 7.50. The van der Waals surface area contributed by atoms with Crippen molar-refractivity contribution in [1.29, 1.82) is 0 Å². The third-order valence-corrected chi connectivity index (χ3v) is 4.53. The predicted molar refractivity (Wildman–Crippen MR) is 77.7 cm³/mol. The molecule has 0 aromatic heterocycles. The summed E-state index contributed by atoms with van der Waals surface area (Å²) in [6.45, 7) is 0. The lowest BCUT2D eigenvalue weighted by Gasteiger charge is -2.26. The largest absolute Gasteiger partial charge is 0.313 e. The number of hydrogen-bond acceptors (Lipinski definition) is 2. The van der Waals surface area contributed by atoms with Crippen molar-refractivity contribution in [3.8, 4) is 0 Å². The average Bonchev–Trinajstić information content (AvgIpc) is 2.54. The Hall–Kier alpha value is -0.470. The van der Waals surface area contributed by atoms with E-state index in [4.69, 9.17) is 0 Å². The Balaban J connectivity index is 2.21. The average molecular weight is 249 g/mol. The van der Waals surface area contributed by atoms with Gasteiger partial charge in [-0.05, 0) is 61.8 Å². The van der Waals surface area contributed by atoms with Gasteiger partial charge in [0.2, 0.25) is 0 Å². The fraction of sp³-hybridized carbons (Fsp3) is 0.600. The van der Waals surface area contributed by atoms with Gasteiger partial charge in [0, 0.05) is 6.04 Å². The minimum atomic E-state index is 0.556. The summed E-state index contributed by atoms with van der Waals surface area (Å²) in [6, 6.07) is 9.53. The predicted octanol–water partition coefficient (Wildman–Crippen LogP) is 3.65. The van der Waals surface area contributed by atoms with E-state index < -0.39 is 0 Å². The van der Waals surface area contributed by atoms with Gasteiger partial charge in [0.1, 0.15) is 0 Å². The summed E-state index contributed by atoms with van der Waals surface area (Å²) in [7, 11) is 2.11. The molecule has 0 saturated heterocycles. The highest BCUT2D eigenvalue weighted by Crippen LogP contribution is 2.35. The molecule has 0 heterocycles. The number of nitrogens with one attached hydrogen (secondary N) is 1. The highest BCUT2D eigenvalue weighted by atomic mass is 32.2. The Morgan fingerprint density at radius 3 is 2.94 bits per heavy atom. The van der Waals surface area contributed by atoms with Crippen molar-refractivity contribution >= 4 is 11.8 Å². The minimum absolute atomic E-state index is 0.556. The molecule has 1 aliphatic carbocycles. The van der Waals surface area contributed by atoms with Gasteiger partial charge in [0.05, 0.1) is 0 Å². The third kappa shape index (κ3) is 3.05. The minimum Gasteiger partial charge on any atom is -0.313 e. The molecule has 0 fully saturated rings. The van der Waals surface area contributed by atoms with Gasteiger partial charge in [0.25, 0.3) is 0 Å². The SMILES string of the molecule is CNC1c2ccccc2CCCC1CCSC. The van der Waals surface area contributed by atoms with Crippen LogP contribution in [0.5, 0.6) is 0 Å². The van der Waals surface area contributed by atoms with E-state index in [0.29, 0.717) is 6.04 Å². The van der Waals surface area contributed by atoms with Crippen LogP contribution in [0.25, 0.3) is 0 Å². The van der Waals surface area contributed by atoms with Crippen molar-refractivity contribution < 1.29 is 0 Å². The van der Waals surface area contributed by atoms with Gasteiger partial charge >= 0.3 is 0 Å². The summed E-state index contributed by atoms with van der Waals surface area (Å²) in [5, 5.41) is 3.55. The van der Waals surface area contributed by atoms with E-state index in [2.05, 4.69) is 42.9 Å². The fourth-order valence-corrected chi connectivity index (χ4v) is 3.55. The molecule has 0 radical (unpaired) electrons. The molecule has 0 bridgehead atoms. The van der Waals surface area contributed by atoms with E-state index in [1.54, 1.807) is 11.1 Å². The Kier molecular flexibility index (Phi) is 4.93. The van der Waals surface area contributed by atoms with Crippen LogP contribution in [0.4, 0.5) is 0 Å². The Labute approximate surface area is 109 Å². The van der Waals surface area contributed by atoms with Crippen LogP contribution in [-0.2, 0) is 6.42 Å². The van der Waals surface area contributed by atoms with E-state index in [-0.39, 0.29) is 0 Å². The molecule has 0 spiro atoms. The van der Waals surface area contributed by atoms with Crippen molar-refractivity contribution in [2.75, 3.05) is 19.1 Å². The van der Waals surface area contributed by atoms with Crippen LogP contribution < -0.4 is 5.32 Å². The smallest absolute Gasteiger partial charge is 0.0349 e. The number of fused-ring (bicyclic) bond motifs is 1. The van der Waals surface area contributed by atoms with Gasteiger partial charge in [-0.3, -0.25) is 0 Å². The van der Waals surface area contributed by atoms with Crippen molar-refractivity contribution in [1.82, 2.24) is 5.32 Å². The number of aryl methyl sites for hydroxylation is 1. The zero-order chi connectivity index (χ0) is 12.1. The molecular formula is C15H23NS. The molecule has 1 aromatic carbocycles. The van der Waals surface area contributed by atoms with Crippen molar-refractivity contribution in [3.63, 3.8) is 0 Å². The summed E-state index contributed by atoms with van der Waals surface area (Å²) in [5.74, 6) is 2.08. The van der Waals surface area contributed by atoms with Crippen molar-refractivity contribution in [2.45, 2.75) is 31.7 Å². The zero-order valence-electron chi connectivity index (χ0n) is 10.9. The molecule has 1 aliphatic rings. The first kappa shape index (κ1) is 13.0. The highest BCUT2D eigenvalue weighted by Gasteiger charge is 2.25. The van der Waals surface area contributed by atoms with Gasteiger partial charge < -0.3 is 5.32 Å². The Morgan fingerprint density at radius 1 is 1.35 bits per heavy atom. The molecule has 17 heavy (non-hydrogen) atoms. The maximum absolute atomic E-state index is 3.55. The molecule has 2 rings (SSSR count). The Bertz CT molecular complexity index is 349. The first-order chi connectivity index (χ1) is 8.36. The van der Waals surface area contributed by atoms with E-state index in [9.17, 15) is 0 Å². The summed E-state index contributed by atoms with van der Waals surface area (Å²) < 4.78 is 0. The lowest BCUT2D eigenvalue weighted by atomic mass is 9.89. The van der Waals surface area contributed by atoms with Gasteiger partial charge in [-0.1, -0.05) is 24.3 Å². The summed E-state index contributed by atoms with van der Waals surface area (Å²) in [4.78, 5) is 0. The molecular weight excluding hydrogens is 226 g/mol. The van der Waals surface area contributed by atoms with Crippen LogP contribution in [-0.4, -0.2) is 19.1 Å². The van der Waals surface area contributed by atoms with E-state index in [1.165, 1.54) is 31.4 Å².